The molecule has 3 rings (SSSR count). The number of ether oxygens (including phenoxy) is 1. The normalized spacial score (nSPS) is 10.6. The van der Waals surface area contributed by atoms with Gasteiger partial charge in [0, 0.05) is 0 Å². The van der Waals surface area contributed by atoms with Gasteiger partial charge >= 0.3 is 5.97 Å². The Bertz CT molecular complexity index is 962. The molecule has 0 aliphatic rings. The van der Waals surface area contributed by atoms with Crippen molar-refractivity contribution in [2.75, 3.05) is 7.11 Å². The number of carbonyl (C=O) groups is 2. The van der Waals surface area contributed by atoms with Gasteiger partial charge in [-0.15, -0.1) is 10.2 Å². The molecule has 1 amide bonds. The minimum atomic E-state index is -1.03. The second-order valence-corrected chi connectivity index (χ2v) is 5.62. The molecule has 0 spiro atoms. The molecule has 2 heterocycles. The summed E-state index contributed by atoms with van der Waals surface area (Å²) in [4.78, 5) is 23.0. The van der Waals surface area contributed by atoms with Crippen molar-refractivity contribution in [1.82, 2.24) is 35.3 Å². The number of methoxy groups -OCH3 is 1. The van der Waals surface area contributed by atoms with Crippen LogP contribution < -0.4 is 10.1 Å². The Morgan fingerprint density at radius 2 is 1.93 bits per heavy atom. The second kappa shape index (κ2) is 7.64. The first-order chi connectivity index (χ1) is 13.0. The summed E-state index contributed by atoms with van der Waals surface area (Å²) in [6, 6.07) is 7.19. The monoisotopic (exact) mass is 371 g/mol. The number of nitrogens with zero attached hydrogens (tertiary/aromatic N) is 6. The highest BCUT2D eigenvalue weighted by molar-refractivity contribution is 5.93. The molecule has 2 N–H and O–H groups in total. The van der Waals surface area contributed by atoms with E-state index in [4.69, 9.17) is 9.84 Å². The van der Waals surface area contributed by atoms with E-state index in [0.29, 0.717) is 17.1 Å². The number of nitrogens with one attached hydrogen (secondary N) is 1. The van der Waals surface area contributed by atoms with E-state index in [1.165, 1.54) is 10.9 Å². The highest BCUT2D eigenvalue weighted by Crippen LogP contribution is 2.16. The van der Waals surface area contributed by atoms with Gasteiger partial charge in [0.05, 0.1) is 31.2 Å². The minimum absolute atomic E-state index is 0.0906. The summed E-state index contributed by atoms with van der Waals surface area (Å²) in [5.41, 5.74) is 1.94. The van der Waals surface area contributed by atoms with Crippen LogP contribution in [0.2, 0.25) is 0 Å². The predicted octanol–water partition coefficient (Wildman–Crippen LogP) is 0.190. The van der Waals surface area contributed by atoms with Crippen LogP contribution in [0.5, 0.6) is 5.75 Å². The van der Waals surface area contributed by atoms with Crippen molar-refractivity contribution in [1.29, 1.82) is 0 Å². The standard InChI is InChI=1S/C16H17N7O4/c1-10-15(19-21-23(10)12-3-5-13(27-2)6-4-12)16(26)17-7-11-8-22(20-18-11)9-14(24)25/h3-6,8H,7,9H2,1-2H3,(H,17,26)(H,24,25). The molecular weight excluding hydrogens is 354 g/mol. The average molecular weight is 371 g/mol. The lowest BCUT2D eigenvalue weighted by molar-refractivity contribution is -0.137. The molecule has 27 heavy (non-hydrogen) atoms. The van der Waals surface area contributed by atoms with Gasteiger partial charge in [-0.3, -0.25) is 9.59 Å². The van der Waals surface area contributed by atoms with Crippen LogP contribution in [0.4, 0.5) is 0 Å². The largest absolute Gasteiger partial charge is 0.497 e. The number of carboxylic acid groups (broad SMARTS) is 1. The molecule has 0 radical (unpaired) electrons. The molecule has 0 bridgehead atoms. The maximum atomic E-state index is 12.4. The number of carbonyl (C=O) groups excluding carboxylic acids is 1. The quantitative estimate of drug-likeness (QED) is 0.600. The molecule has 11 heteroatoms. The van der Waals surface area contributed by atoms with Crippen LogP contribution in [0.3, 0.4) is 0 Å². The molecule has 140 valence electrons. The van der Waals surface area contributed by atoms with Gasteiger partial charge in [-0.05, 0) is 31.2 Å². The summed E-state index contributed by atoms with van der Waals surface area (Å²) < 4.78 is 7.85. The van der Waals surface area contributed by atoms with Crippen molar-refractivity contribution in [3.63, 3.8) is 0 Å². The van der Waals surface area contributed by atoms with Crippen LogP contribution in [0.1, 0.15) is 21.9 Å². The van der Waals surface area contributed by atoms with E-state index in [1.807, 2.05) is 12.1 Å². The third kappa shape index (κ3) is 4.08. The van der Waals surface area contributed by atoms with Gasteiger partial charge in [-0.1, -0.05) is 10.4 Å². The lowest BCUT2D eigenvalue weighted by Gasteiger charge is -2.05. The second-order valence-electron chi connectivity index (χ2n) is 5.62. The van der Waals surface area contributed by atoms with E-state index < -0.39 is 11.9 Å². The summed E-state index contributed by atoms with van der Waals surface area (Å²) in [5.74, 6) is -0.730. The molecule has 0 fully saturated rings. The number of amides is 1. The number of carboxylic acids is 1. The molecule has 1 aromatic carbocycles. The molecule has 0 atom stereocenters. The lowest BCUT2D eigenvalue weighted by atomic mass is 10.2. The molecule has 0 aliphatic carbocycles. The molecule has 0 saturated heterocycles. The van der Waals surface area contributed by atoms with Gasteiger partial charge in [0.2, 0.25) is 0 Å². The van der Waals surface area contributed by atoms with Gasteiger partial charge in [0.25, 0.3) is 5.91 Å². The summed E-state index contributed by atoms with van der Waals surface area (Å²) in [5, 5.41) is 26.8. The number of aromatic nitrogens is 6. The van der Waals surface area contributed by atoms with Crippen LogP contribution in [0.15, 0.2) is 30.5 Å². The maximum Gasteiger partial charge on any atom is 0.325 e. The summed E-state index contributed by atoms with van der Waals surface area (Å²) in [7, 11) is 1.58. The van der Waals surface area contributed by atoms with Crippen LogP contribution in [0.25, 0.3) is 5.69 Å². The van der Waals surface area contributed by atoms with E-state index in [9.17, 15) is 9.59 Å². The van der Waals surface area contributed by atoms with E-state index in [-0.39, 0.29) is 18.8 Å². The van der Waals surface area contributed by atoms with Crippen LogP contribution in [-0.4, -0.2) is 54.1 Å². The van der Waals surface area contributed by atoms with Gasteiger partial charge in [0.1, 0.15) is 18.0 Å². The smallest absolute Gasteiger partial charge is 0.325 e. The SMILES string of the molecule is COc1ccc(-n2nnc(C(=O)NCc3cn(CC(=O)O)nn3)c2C)cc1. The molecule has 11 nitrogen and oxygen atoms in total. The number of benzene rings is 1. The minimum Gasteiger partial charge on any atom is -0.497 e. The molecule has 0 unspecified atom stereocenters. The number of hydrogen-bond acceptors (Lipinski definition) is 7. The van der Waals surface area contributed by atoms with Crippen LogP contribution >= 0.6 is 0 Å². The van der Waals surface area contributed by atoms with E-state index in [0.717, 1.165) is 5.69 Å². The van der Waals surface area contributed by atoms with Crippen LogP contribution in [-0.2, 0) is 17.9 Å². The highest BCUT2D eigenvalue weighted by atomic mass is 16.5. The van der Waals surface area contributed by atoms with Crippen molar-refractivity contribution in [2.45, 2.75) is 20.0 Å². The van der Waals surface area contributed by atoms with Crippen molar-refractivity contribution >= 4 is 11.9 Å². The third-order valence-corrected chi connectivity index (χ3v) is 3.74. The Labute approximate surface area is 153 Å². The molecule has 0 saturated carbocycles. The zero-order valence-electron chi connectivity index (χ0n) is 14.7. The zero-order chi connectivity index (χ0) is 19.4. The van der Waals surface area contributed by atoms with Gasteiger partial charge in [-0.2, -0.15) is 0 Å². The molecule has 2 aromatic heterocycles. The Morgan fingerprint density at radius 1 is 1.19 bits per heavy atom. The molecule has 0 aliphatic heterocycles. The van der Waals surface area contributed by atoms with E-state index in [1.54, 1.807) is 30.8 Å². The molecule has 3 aromatic rings. The van der Waals surface area contributed by atoms with Gasteiger partial charge in [0.15, 0.2) is 5.69 Å². The Morgan fingerprint density at radius 3 is 2.59 bits per heavy atom. The Hall–Kier alpha value is -3.76. The fourth-order valence-electron chi connectivity index (χ4n) is 2.40. The first-order valence-corrected chi connectivity index (χ1v) is 7.93. The number of aliphatic carboxylic acids is 1. The Kier molecular flexibility index (Phi) is 5.11. The zero-order valence-corrected chi connectivity index (χ0v) is 14.7. The lowest BCUT2D eigenvalue weighted by Crippen LogP contribution is -2.24. The van der Waals surface area contributed by atoms with Crippen molar-refractivity contribution < 1.29 is 19.4 Å². The summed E-state index contributed by atoms with van der Waals surface area (Å²) >= 11 is 0. The topological polar surface area (TPSA) is 137 Å². The van der Waals surface area contributed by atoms with Crippen LogP contribution in [0, 0.1) is 6.92 Å². The predicted molar refractivity (Wildman–Crippen MR) is 91.5 cm³/mol. The average Bonchev–Trinajstić information content (AvgIpc) is 3.26. The fourth-order valence-corrected chi connectivity index (χ4v) is 2.40. The van der Waals surface area contributed by atoms with Gasteiger partial charge < -0.3 is 15.2 Å². The van der Waals surface area contributed by atoms with Crippen molar-refractivity contribution in [3.8, 4) is 11.4 Å². The van der Waals surface area contributed by atoms with Crippen molar-refractivity contribution in [2.24, 2.45) is 0 Å². The van der Waals surface area contributed by atoms with Gasteiger partial charge in [-0.25, -0.2) is 9.36 Å². The van der Waals surface area contributed by atoms with Crippen molar-refractivity contribution in [3.05, 3.63) is 47.5 Å². The Balaban J connectivity index is 1.67. The number of hydrogen-bond donors (Lipinski definition) is 2. The summed E-state index contributed by atoms with van der Waals surface area (Å²) in [6.45, 7) is 1.53. The van der Waals surface area contributed by atoms with E-state index >= 15 is 0 Å². The fraction of sp³-hybridized carbons (Fsp3) is 0.250. The highest BCUT2D eigenvalue weighted by Gasteiger charge is 2.17. The summed E-state index contributed by atoms with van der Waals surface area (Å²) in [6.07, 6.45) is 1.45. The molecular formula is C16H17N7O4. The van der Waals surface area contributed by atoms with E-state index in [2.05, 4.69) is 25.9 Å². The first kappa shape index (κ1) is 18.0. The first-order valence-electron chi connectivity index (χ1n) is 7.93. The number of rotatable bonds is 7. The third-order valence-electron chi connectivity index (χ3n) is 3.74. The maximum absolute atomic E-state index is 12.4.